The van der Waals surface area contributed by atoms with Gasteiger partial charge in [-0.25, -0.2) is 13.8 Å². The standard InChI is InChI=1S/C12H9F2N3O/c13-7-3-4-9(8(14)6-7)18-10-2-1-5-17-11(10)12(15)16/h1-6H,(H3,15,16). The first-order valence-corrected chi connectivity index (χ1v) is 5.00. The van der Waals surface area contributed by atoms with Crippen LogP contribution >= 0.6 is 0 Å². The molecule has 6 heteroatoms. The Balaban J connectivity index is 2.37. The van der Waals surface area contributed by atoms with Crippen molar-refractivity contribution in [2.75, 3.05) is 0 Å². The summed E-state index contributed by atoms with van der Waals surface area (Å²) in [6.45, 7) is 0. The molecule has 3 N–H and O–H groups in total. The number of nitrogens with one attached hydrogen (secondary N) is 1. The highest BCUT2D eigenvalue weighted by atomic mass is 19.1. The fourth-order valence-corrected chi connectivity index (χ4v) is 1.35. The van der Waals surface area contributed by atoms with Gasteiger partial charge in [0.05, 0.1) is 0 Å². The molecule has 0 atom stereocenters. The van der Waals surface area contributed by atoms with Gasteiger partial charge in [-0.3, -0.25) is 5.41 Å². The van der Waals surface area contributed by atoms with Crippen molar-refractivity contribution in [2.24, 2.45) is 5.73 Å². The topological polar surface area (TPSA) is 72.0 Å². The lowest BCUT2D eigenvalue weighted by atomic mass is 10.3. The molecule has 18 heavy (non-hydrogen) atoms. The Bertz CT molecular complexity index is 602. The van der Waals surface area contributed by atoms with Crippen LogP contribution in [-0.2, 0) is 0 Å². The lowest BCUT2D eigenvalue weighted by molar-refractivity contribution is 0.435. The second-order valence-corrected chi connectivity index (χ2v) is 3.44. The first-order valence-electron chi connectivity index (χ1n) is 5.00. The van der Waals surface area contributed by atoms with Gasteiger partial charge in [0.1, 0.15) is 17.3 Å². The van der Waals surface area contributed by atoms with E-state index in [0.717, 1.165) is 12.1 Å². The number of nitrogens with zero attached hydrogens (tertiary/aromatic N) is 1. The van der Waals surface area contributed by atoms with Crippen LogP contribution < -0.4 is 10.5 Å². The molecule has 0 fully saturated rings. The minimum atomic E-state index is -0.839. The van der Waals surface area contributed by atoms with Crippen LogP contribution in [0.2, 0.25) is 0 Å². The second kappa shape index (κ2) is 4.79. The van der Waals surface area contributed by atoms with E-state index in [2.05, 4.69) is 4.98 Å². The Labute approximate surface area is 102 Å². The molecule has 2 aromatic rings. The van der Waals surface area contributed by atoms with Gasteiger partial charge in [0, 0.05) is 12.3 Å². The smallest absolute Gasteiger partial charge is 0.168 e. The van der Waals surface area contributed by atoms with Gasteiger partial charge < -0.3 is 10.5 Å². The van der Waals surface area contributed by atoms with E-state index in [1.165, 1.54) is 12.3 Å². The number of aromatic nitrogens is 1. The summed E-state index contributed by atoms with van der Waals surface area (Å²) < 4.78 is 31.4. The van der Waals surface area contributed by atoms with Gasteiger partial charge in [0.2, 0.25) is 0 Å². The van der Waals surface area contributed by atoms with Gasteiger partial charge in [-0.15, -0.1) is 0 Å². The molecule has 1 aromatic carbocycles. The van der Waals surface area contributed by atoms with Gasteiger partial charge in [0.25, 0.3) is 0 Å². The molecule has 4 nitrogen and oxygen atoms in total. The molecular formula is C12H9F2N3O. The highest BCUT2D eigenvalue weighted by molar-refractivity contribution is 5.95. The number of halogens is 2. The zero-order chi connectivity index (χ0) is 13.1. The maximum atomic E-state index is 13.4. The highest BCUT2D eigenvalue weighted by Gasteiger charge is 2.11. The van der Waals surface area contributed by atoms with Crippen LogP contribution in [0.3, 0.4) is 0 Å². The van der Waals surface area contributed by atoms with E-state index < -0.39 is 11.6 Å². The lowest BCUT2D eigenvalue weighted by Crippen LogP contribution is -2.14. The predicted octanol–water partition coefficient (Wildman–Crippen LogP) is 2.44. The van der Waals surface area contributed by atoms with Gasteiger partial charge in [0.15, 0.2) is 17.3 Å². The summed E-state index contributed by atoms with van der Waals surface area (Å²) in [6.07, 6.45) is 1.44. The van der Waals surface area contributed by atoms with Crippen LogP contribution in [0.5, 0.6) is 11.5 Å². The molecule has 0 bridgehead atoms. The first kappa shape index (κ1) is 12.0. The van der Waals surface area contributed by atoms with E-state index in [4.69, 9.17) is 15.9 Å². The average Bonchev–Trinajstić information content (AvgIpc) is 2.33. The zero-order valence-corrected chi connectivity index (χ0v) is 9.15. The van der Waals surface area contributed by atoms with Crippen molar-refractivity contribution < 1.29 is 13.5 Å². The number of hydrogen-bond donors (Lipinski definition) is 2. The molecular weight excluding hydrogens is 240 g/mol. The summed E-state index contributed by atoms with van der Waals surface area (Å²) in [5.41, 5.74) is 5.42. The average molecular weight is 249 g/mol. The van der Waals surface area contributed by atoms with Crippen molar-refractivity contribution in [1.29, 1.82) is 5.41 Å². The van der Waals surface area contributed by atoms with Crippen LogP contribution in [0.25, 0.3) is 0 Å². The maximum Gasteiger partial charge on any atom is 0.168 e. The van der Waals surface area contributed by atoms with E-state index in [1.54, 1.807) is 6.07 Å². The molecule has 0 unspecified atom stereocenters. The van der Waals surface area contributed by atoms with Crippen molar-refractivity contribution in [2.45, 2.75) is 0 Å². The van der Waals surface area contributed by atoms with E-state index in [-0.39, 0.29) is 23.0 Å². The number of amidine groups is 1. The molecule has 0 amide bonds. The van der Waals surface area contributed by atoms with Crippen LogP contribution in [0.1, 0.15) is 5.69 Å². The number of ether oxygens (including phenoxy) is 1. The number of hydrogen-bond acceptors (Lipinski definition) is 3. The summed E-state index contributed by atoms with van der Waals surface area (Å²) in [5.74, 6) is -1.86. The van der Waals surface area contributed by atoms with E-state index in [1.807, 2.05) is 0 Å². The lowest BCUT2D eigenvalue weighted by Gasteiger charge is -2.09. The van der Waals surface area contributed by atoms with Crippen molar-refractivity contribution in [3.63, 3.8) is 0 Å². The third kappa shape index (κ3) is 2.42. The largest absolute Gasteiger partial charge is 0.452 e. The van der Waals surface area contributed by atoms with Crippen LogP contribution in [0, 0.1) is 17.0 Å². The summed E-state index contributed by atoms with van der Waals surface area (Å²) in [4.78, 5) is 3.85. The Morgan fingerprint density at radius 1 is 1.22 bits per heavy atom. The Kier molecular flexibility index (Phi) is 3.18. The molecule has 0 radical (unpaired) electrons. The zero-order valence-electron chi connectivity index (χ0n) is 9.15. The molecule has 1 aromatic heterocycles. The normalized spacial score (nSPS) is 10.1. The Morgan fingerprint density at radius 2 is 2.00 bits per heavy atom. The fraction of sp³-hybridized carbons (Fsp3) is 0. The summed E-state index contributed by atoms with van der Waals surface area (Å²) >= 11 is 0. The molecule has 0 aliphatic carbocycles. The Hall–Kier alpha value is -2.50. The van der Waals surface area contributed by atoms with Crippen molar-refractivity contribution in [1.82, 2.24) is 4.98 Å². The molecule has 0 aliphatic rings. The molecule has 0 spiro atoms. The van der Waals surface area contributed by atoms with E-state index in [0.29, 0.717) is 6.07 Å². The molecule has 0 saturated carbocycles. The van der Waals surface area contributed by atoms with Gasteiger partial charge in [-0.1, -0.05) is 0 Å². The monoisotopic (exact) mass is 249 g/mol. The van der Waals surface area contributed by atoms with E-state index in [9.17, 15) is 8.78 Å². The summed E-state index contributed by atoms with van der Waals surface area (Å²) in [6, 6.07) is 5.98. The predicted molar refractivity (Wildman–Crippen MR) is 61.7 cm³/mol. The van der Waals surface area contributed by atoms with E-state index >= 15 is 0 Å². The van der Waals surface area contributed by atoms with Crippen LogP contribution in [0.4, 0.5) is 8.78 Å². The van der Waals surface area contributed by atoms with Gasteiger partial charge >= 0.3 is 0 Å². The number of benzene rings is 1. The highest BCUT2D eigenvalue weighted by Crippen LogP contribution is 2.26. The number of rotatable bonds is 3. The third-order valence-corrected chi connectivity index (χ3v) is 2.14. The minimum absolute atomic E-state index is 0.0984. The number of nitrogens with two attached hydrogens (primary N) is 1. The second-order valence-electron chi connectivity index (χ2n) is 3.44. The molecule has 0 aliphatic heterocycles. The van der Waals surface area contributed by atoms with Gasteiger partial charge in [-0.05, 0) is 24.3 Å². The SMILES string of the molecule is N=C(N)c1ncccc1Oc1ccc(F)cc1F. The molecule has 92 valence electrons. The number of nitrogen functional groups attached to an aromatic ring is 1. The van der Waals surface area contributed by atoms with Gasteiger partial charge in [-0.2, -0.15) is 0 Å². The Morgan fingerprint density at radius 3 is 2.67 bits per heavy atom. The van der Waals surface area contributed by atoms with Crippen LogP contribution in [-0.4, -0.2) is 10.8 Å². The summed E-state index contributed by atoms with van der Waals surface area (Å²) in [7, 11) is 0. The summed E-state index contributed by atoms with van der Waals surface area (Å²) in [5, 5.41) is 7.31. The molecule has 0 saturated heterocycles. The molecule has 2 rings (SSSR count). The van der Waals surface area contributed by atoms with Crippen LogP contribution in [0.15, 0.2) is 36.5 Å². The number of pyridine rings is 1. The third-order valence-electron chi connectivity index (χ3n) is 2.14. The quantitative estimate of drug-likeness (QED) is 0.648. The van der Waals surface area contributed by atoms with Crippen molar-refractivity contribution in [3.05, 3.63) is 53.9 Å². The first-order chi connectivity index (χ1) is 8.58. The minimum Gasteiger partial charge on any atom is -0.452 e. The maximum absolute atomic E-state index is 13.4. The van der Waals surface area contributed by atoms with Crippen molar-refractivity contribution in [3.8, 4) is 11.5 Å². The van der Waals surface area contributed by atoms with Crippen molar-refractivity contribution >= 4 is 5.84 Å². The molecule has 1 heterocycles. The fourth-order valence-electron chi connectivity index (χ4n) is 1.35.